The molecule has 0 unspecified atom stereocenters. The summed E-state index contributed by atoms with van der Waals surface area (Å²) in [5.41, 5.74) is 0.248. The average Bonchev–Trinajstić information content (AvgIpc) is 2.05. The molecule has 0 aliphatic rings. The van der Waals surface area contributed by atoms with Crippen molar-refractivity contribution in [2.24, 2.45) is 5.28 Å². The van der Waals surface area contributed by atoms with E-state index in [-0.39, 0.29) is 33.8 Å². The van der Waals surface area contributed by atoms with E-state index in [1.165, 1.54) is 12.1 Å². The second-order valence-corrected chi connectivity index (χ2v) is 1.69. The van der Waals surface area contributed by atoms with Crippen LogP contribution < -0.4 is 6.15 Å². The van der Waals surface area contributed by atoms with Gasteiger partial charge in [-0.15, -0.1) is 0 Å². The minimum Gasteiger partial charge on any atom is -0.739 e. The van der Waals surface area contributed by atoms with Crippen LogP contribution >= 0.6 is 0 Å². The molecule has 66 valence electrons. The maximum absolute atomic E-state index is 10.5. The van der Waals surface area contributed by atoms with Gasteiger partial charge in [0.25, 0.3) is 0 Å². The van der Waals surface area contributed by atoms with Crippen LogP contribution in [0.1, 0.15) is 0 Å². The predicted molar refractivity (Wildman–Crippen MR) is 41.5 cm³/mol. The summed E-state index contributed by atoms with van der Waals surface area (Å²) >= 11 is 0. The van der Waals surface area contributed by atoms with Crippen LogP contribution in [0, 0.1) is 10.4 Å². The van der Waals surface area contributed by atoms with E-state index < -0.39 is 0 Å². The Bertz CT molecular complexity index is 240. The molecule has 0 atom stereocenters. The van der Waals surface area contributed by atoms with Crippen LogP contribution in [-0.2, 0) is 17.1 Å². The second-order valence-electron chi connectivity index (χ2n) is 1.69. The van der Waals surface area contributed by atoms with Crippen LogP contribution in [-0.4, -0.2) is 4.86 Å². The topological polar surface area (TPSA) is 98.0 Å². The molecule has 0 aliphatic heterocycles. The van der Waals surface area contributed by atoms with E-state index >= 15 is 0 Å². The zero-order valence-electron chi connectivity index (χ0n) is 6.45. The Hall–Kier alpha value is -1.10. The van der Waals surface area contributed by atoms with E-state index in [1.807, 2.05) is 0 Å². The molecule has 1 aromatic rings. The van der Waals surface area contributed by atoms with Crippen molar-refractivity contribution in [3.8, 4) is 0 Å². The Morgan fingerprint density at radius 1 is 1.17 bits per heavy atom. The zero-order valence-corrected chi connectivity index (χ0v) is 7.56. The average molecular weight is 211 g/mol. The van der Waals surface area contributed by atoms with Crippen LogP contribution in [0.3, 0.4) is 0 Å². The number of para-hydroxylation sites is 1. The SMILES string of the molecule is [Fe+2].[NH4+].[O-]/N=[N+](\[O-])c1ccccc1. The van der Waals surface area contributed by atoms with Crippen molar-refractivity contribution < 1.29 is 21.9 Å². The molecule has 0 amide bonds. The smallest absolute Gasteiger partial charge is 0.739 e. The molecule has 0 radical (unpaired) electrons. The zero-order chi connectivity index (χ0) is 7.40. The third kappa shape index (κ3) is 3.34. The fourth-order valence-electron chi connectivity index (χ4n) is 0.603. The Morgan fingerprint density at radius 3 is 2.08 bits per heavy atom. The fraction of sp³-hybridized carbons (Fsp3) is 0. The number of quaternary nitrogens is 1. The molecule has 0 fully saturated rings. The fourth-order valence-corrected chi connectivity index (χ4v) is 0.603. The van der Waals surface area contributed by atoms with Gasteiger partial charge in [-0.3, -0.25) is 0 Å². The first-order valence-electron chi connectivity index (χ1n) is 2.70. The van der Waals surface area contributed by atoms with E-state index in [2.05, 4.69) is 5.28 Å². The monoisotopic (exact) mass is 211 g/mol. The quantitative estimate of drug-likeness (QED) is 0.333. The summed E-state index contributed by atoms with van der Waals surface area (Å²) in [5, 5.41) is 22.3. The van der Waals surface area contributed by atoms with Gasteiger partial charge in [-0.2, -0.15) is 0 Å². The van der Waals surface area contributed by atoms with Gasteiger partial charge >= 0.3 is 17.1 Å². The molecule has 0 bridgehead atoms. The third-order valence-electron chi connectivity index (χ3n) is 1.05. The molecule has 1 rings (SSSR count). The van der Waals surface area contributed by atoms with Crippen molar-refractivity contribution in [1.82, 2.24) is 6.15 Å². The number of hydrogen-bond acceptors (Lipinski definition) is 3. The second kappa shape index (κ2) is 6.60. The molecule has 0 saturated heterocycles. The van der Waals surface area contributed by atoms with Gasteiger partial charge in [-0.05, 0) is 5.28 Å². The number of benzene rings is 1. The molecule has 0 saturated carbocycles. The summed E-state index contributed by atoms with van der Waals surface area (Å²) in [7, 11) is 0. The van der Waals surface area contributed by atoms with E-state index in [4.69, 9.17) is 0 Å². The van der Waals surface area contributed by atoms with Crippen molar-refractivity contribution in [3.63, 3.8) is 0 Å². The van der Waals surface area contributed by atoms with E-state index in [0.29, 0.717) is 0 Å². The maximum atomic E-state index is 10.5. The van der Waals surface area contributed by atoms with Gasteiger partial charge in [0, 0.05) is 12.1 Å². The van der Waals surface area contributed by atoms with Crippen molar-refractivity contribution in [2.45, 2.75) is 0 Å². The van der Waals surface area contributed by atoms with Gasteiger partial charge in [0.2, 0.25) is 5.69 Å². The van der Waals surface area contributed by atoms with Crippen LogP contribution in [0.4, 0.5) is 5.69 Å². The number of rotatable bonds is 1. The van der Waals surface area contributed by atoms with Crippen LogP contribution in [0.25, 0.3) is 0 Å². The van der Waals surface area contributed by atoms with Gasteiger partial charge in [-0.1, -0.05) is 23.1 Å². The Kier molecular flexibility index (Phi) is 7.42. The Morgan fingerprint density at radius 2 is 1.67 bits per heavy atom. The van der Waals surface area contributed by atoms with E-state index in [1.54, 1.807) is 18.2 Å². The van der Waals surface area contributed by atoms with Crippen LogP contribution in [0.15, 0.2) is 35.6 Å². The van der Waals surface area contributed by atoms with E-state index in [0.717, 1.165) is 0 Å². The third-order valence-corrected chi connectivity index (χ3v) is 1.05. The molecule has 1 aromatic carbocycles. The molecule has 12 heavy (non-hydrogen) atoms. The standard InChI is InChI=1S/C6H6N2O2.Fe.H3N/c9-7-8(10)6-4-2-1-3-5-6;;/h1-5,9H;;1H3/q;+2;/b8-7-;;. The molecule has 6 heteroatoms. The van der Waals surface area contributed by atoms with Crippen molar-refractivity contribution in [1.29, 1.82) is 0 Å². The van der Waals surface area contributed by atoms with Crippen molar-refractivity contribution in [3.05, 3.63) is 40.7 Å². The molecule has 5 nitrogen and oxygen atoms in total. The molecular weight excluding hydrogens is 202 g/mol. The first kappa shape index (κ1) is 13.5. The Balaban J connectivity index is 0. The van der Waals surface area contributed by atoms with Gasteiger partial charge in [0.15, 0.2) is 0 Å². The summed E-state index contributed by atoms with van der Waals surface area (Å²) in [6, 6.07) is 8.09. The first-order chi connectivity index (χ1) is 4.84. The molecular formula is C6H9FeN3O2+2. The van der Waals surface area contributed by atoms with Crippen LogP contribution in [0.5, 0.6) is 0 Å². The largest absolute Gasteiger partial charge is 2.00 e. The minimum absolute atomic E-state index is 0. The molecule has 4 N–H and O–H groups in total. The maximum Gasteiger partial charge on any atom is 2.00 e. The minimum atomic E-state index is 0. The van der Waals surface area contributed by atoms with Crippen LogP contribution in [0.2, 0.25) is 0 Å². The number of nitrogens with zero attached hydrogens (tertiary/aromatic N) is 2. The normalized spacial score (nSPS) is 9.50. The Labute approximate surface area is 80.3 Å². The van der Waals surface area contributed by atoms with Gasteiger partial charge in [0.1, 0.15) is 0 Å². The van der Waals surface area contributed by atoms with Gasteiger partial charge < -0.3 is 16.6 Å². The first-order valence-corrected chi connectivity index (χ1v) is 2.70. The van der Waals surface area contributed by atoms with Gasteiger partial charge in [0.05, 0.1) is 0 Å². The summed E-state index contributed by atoms with van der Waals surface area (Å²) in [5.74, 6) is 0. The molecule has 0 aromatic heterocycles. The van der Waals surface area contributed by atoms with E-state index in [9.17, 15) is 10.4 Å². The van der Waals surface area contributed by atoms with Gasteiger partial charge in [-0.25, -0.2) is 0 Å². The predicted octanol–water partition coefficient (Wildman–Crippen LogP) is 2.15. The summed E-state index contributed by atoms with van der Waals surface area (Å²) in [6.07, 6.45) is 0. The summed E-state index contributed by atoms with van der Waals surface area (Å²) in [6.45, 7) is 0. The van der Waals surface area contributed by atoms with Crippen molar-refractivity contribution in [2.75, 3.05) is 0 Å². The summed E-state index contributed by atoms with van der Waals surface area (Å²) in [4.78, 5) is 0.0278. The number of hydrogen-bond donors (Lipinski definition) is 1. The molecule has 0 spiro atoms. The van der Waals surface area contributed by atoms with Crippen molar-refractivity contribution >= 4 is 5.69 Å². The summed E-state index contributed by atoms with van der Waals surface area (Å²) < 4.78 is 0. The molecule has 0 heterocycles. The molecule has 0 aliphatic carbocycles.